The zero-order valence-electron chi connectivity index (χ0n) is 15.9. The molecule has 0 fully saturated rings. The molecular weight excluding hydrogens is 312 g/mol. The Bertz CT molecular complexity index is 402. The highest BCUT2D eigenvalue weighted by molar-refractivity contribution is 5.69. The normalized spacial score (nSPS) is 11.8. The van der Waals surface area contributed by atoms with Gasteiger partial charge in [0.25, 0.3) is 0 Å². The van der Waals surface area contributed by atoms with Crippen molar-refractivity contribution in [2.24, 2.45) is 11.5 Å². The van der Waals surface area contributed by atoms with Crippen LogP contribution in [0, 0.1) is 0 Å². The highest BCUT2D eigenvalue weighted by Crippen LogP contribution is 2.15. The predicted molar refractivity (Wildman–Crippen MR) is 93.7 cm³/mol. The zero-order chi connectivity index (χ0) is 19.0. The fourth-order valence-corrected chi connectivity index (χ4v) is 1.92. The molecule has 0 bridgehead atoms. The van der Waals surface area contributed by atoms with Gasteiger partial charge in [-0.15, -0.1) is 0 Å². The third-order valence-electron chi connectivity index (χ3n) is 3.02. The van der Waals surface area contributed by atoms with Crippen molar-refractivity contribution < 1.29 is 19.1 Å². The first-order valence-corrected chi connectivity index (χ1v) is 8.25. The van der Waals surface area contributed by atoms with Crippen LogP contribution in [0.25, 0.3) is 0 Å². The minimum Gasteiger partial charge on any atom is -0.448 e. The molecule has 0 spiro atoms. The van der Waals surface area contributed by atoms with E-state index in [1.807, 2.05) is 20.8 Å². The van der Waals surface area contributed by atoms with E-state index < -0.39 is 23.3 Å². The average Bonchev–Trinajstić information content (AvgIpc) is 2.40. The molecule has 0 radical (unpaired) electrons. The zero-order valence-corrected chi connectivity index (χ0v) is 15.9. The maximum absolute atomic E-state index is 12.2. The Balaban J connectivity index is 4.92. The molecule has 0 aromatic rings. The van der Waals surface area contributed by atoms with Crippen LogP contribution in [0.3, 0.4) is 0 Å². The second-order valence-corrected chi connectivity index (χ2v) is 7.48. The molecule has 0 atom stereocenters. The number of amides is 2. The van der Waals surface area contributed by atoms with Gasteiger partial charge in [-0.3, -0.25) is 0 Å². The van der Waals surface area contributed by atoms with Crippen molar-refractivity contribution in [2.45, 2.75) is 52.7 Å². The van der Waals surface area contributed by atoms with Crippen LogP contribution in [0.2, 0.25) is 0 Å². The van der Waals surface area contributed by atoms with E-state index in [0.717, 1.165) is 0 Å². The van der Waals surface area contributed by atoms with E-state index in [4.69, 9.17) is 20.9 Å². The van der Waals surface area contributed by atoms with Gasteiger partial charge in [0.2, 0.25) is 0 Å². The van der Waals surface area contributed by atoms with Gasteiger partial charge in [0.05, 0.1) is 0 Å². The summed E-state index contributed by atoms with van der Waals surface area (Å²) < 4.78 is 10.5. The lowest BCUT2D eigenvalue weighted by atomic mass is 10.1. The SMILES string of the molecule is CC(C)(C)OC(=O)N(CCN)CCN(C(=O)OCCN)C(C)(C)C. The summed E-state index contributed by atoms with van der Waals surface area (Å²) in [7, 11) is 0. The Morgan fingerprint density at radius 3 is 1.88 bits per heavy atom. The third-order valence-corrected chi connectivity index (χ3v) is 3.02. The van der Waals surface area contributed by atoms with Gasteiger partial charge in [-0.1, -0.05) is 0 Å². The molecule has 2 amide bonds. The molecule has 0 aromatic carbocycles. The molecule has 142 valence electrons. The van der Waals surface area contributed by atoms with Crippen LogP contribution in [0.1, 0.15) is 41.5 Å². The second-order valence-electron chi connectivity index (χ2n) is 7.48. The highest BCUT2D eigenvalue weighted by Gasteiger charge is 2.29. The molecule has 0 aliphatic rings. The predicted octanol–water partition coefficient (Wildman–Crippen LogP) is 1.38. The van der Waals surface area contributed by atoms with Gasteiger partial charge >= 0.3 is 12.2 Å². The number of hydrogen-bond donors (Lipinski definition) is 2. The van der Waals surface area contributed by atoms with Crippen molar-refractivity contribution in [3.05, 3.63) is 0 Å². The fourth-order valence-electron chi connectivity index (χ4n) is 1.92. The maximum atomic E-state index is 12.2. The third kappa shape index (κ3) is 8.93. The number of rotatable bonds is 7. The molecular formula is C16H34N4O4. The van der Waals surface area contributed by atoms with Crippen LogP contribution in [0.15, 0.2) is 0 Å². The summed E-state index contributed by atoms with van der Waals surface area (Å²) in [6.45, 7) is 12.8. The quantitative estimate of drug-likeness (QED) is 0.720. The largest absolute Gasteiger partial charge is 0.448 e. The van der Waals surface area contributed by atoms with Crippen LogP contribution >= 0.6 is 0 Å². The molecule has 8 nitrogen and oxygen atoms in total. The first-order valence-electron chi connectivity index (χ1n) is 8.25. The second kappa shape index (κ2) is 9.68. The van der Waals surface area contributed by atoms with Crippen molar-refractivity contribution in [1.82, 2.24) is 9.80 Å². The minimum atomic E-state index is -0.590. The van der Waals surface area contributed by atoms with Crippen LogP contribution in [0.5, 0.6) is 0 Å². The van der Waals surface area contributed by atoms with Crippen LogP contribution in [-0.2, 0) is 9.47 Å². The van der Waals surface area contributed by atoms with Gasteiger partial charge in [0, 0.05) is 38.3 Å². The number of nitrogens with two attached hydrogens (primary N) is 2. The van der Waals surface area contributed by atoms with Crippen molar-refractivity contribution in [2.75, 3.05) is 39.3 Å². The highest BCUT2D eigenvalue weighted by atomic mass is 16.6. The molecule has 0 saturated carbocycles. The van der Waals surface area contributed by atoms with Crippen molar-refractivity contribution >= 4 is 12.2 Å². The van der Waals surface area contributed by atoms with E-state index in [1.54, 1.807) is 25.7 Å². The van der Waals surface area contributed by atoms with Gasteiger partial charge in [-0.2, -0.15) is 0 Å². The molecule has 0 rings (SSSR count). The molecule has 8 heteroatoms. The summed E-state index contributed by atoms with van der Waals surface area (Å²) in [5, 5.41) is 0. The summed E-state index contributed by atoms with van der Waals surface area (Å²) >= 11 is 0. The molecule has 24 heavy (non-hydrogen) atoms. The monoisotopic (exact) mass is 346 g/mol. The topological polar surface area (TPSA) is 111 Å². The van der Waals surface area contributed by atoms with Crippen LogP contribution < -0.4 is 11.5 Å². The molecule has 0 aromatic heterocycles. The average molecular weight is 346 g/mol. The number of nitrogens with zero attached hydrogens (tertiary/aromatic N) is 2. The van der Waals surface area contributed by atoms with Crippen LogP contribution in [0.4, 0.5) is 9.59 Å². The lowest BCUT2D eigenvalue weighted by Crippen LogP contribution is -2.51. The first kappa shape index (κ1) is 22.5. The molecule has 4 N–H and O–H groups in total. The summed E-state index contributed by atoms with van der Waals surface area (Å²) in [6, 6.07) is 0. The number of carbonyl (C=O) groups excluding carboxylic acids is 2. The maximum Gasteiger partial charge on any atom is 0.410 e. The Hall–Kier alpha value is -1.54. The van der Waals surface area contributed by atoms with E-state index in [1.165, 1.54) is 4.90 Å². The Labute approximate surface area is 145 Å². The summed E-state index contributed by atoms with van der Waals surface area (Å²) in [4.78, 5) is 27.5. The van der Waals surface area contributed by atoms with E-state index in [2.05, 4.69) is 0 Å². The molecule has 0 aliphatic heterocycles. The van der Waals surface area contributed by atoms with E-state index in [0.29, 0.717) is 26.2 Å². The van der Waals surface area contributed by atoms with Crippen molar-refractivity contribution in [3.8, 4) is 0 Å². The minimum absolute atomic E-state index is 0.157. The molecule has 0 unspecified atom stereocenters. The Kier molecular flexibility index (Phi) is 9.06. The smallest absolute Gasteiger partial charge is 0.410 e. The Morgan fingerprint density at radius 1 is 0.875 bits per heavy atom. The van der Waals surface area contributed by atoms with E-state index in [9.17, 15) is 9.59 Å². The van der Waals surface area contributed by atoms with Gasteiger partial charge < -0.3 is 30.7 Å². The van der Waals surface area contributed by atoms with Gasteiger partial charge in [0.1, 0.15) is 12.2 Å². The summed E-state index contributed by atoms with van der Waals surface area (Å²) in [5.41, 5.74) is 9.91. The van der Waals surface area contributed by atoms with Gasteiger partial charge in [0.15, 0.2) is 0 Å². The van der Waals surface area contributed by atoms with Gasteiger partial charge in [-0.05, 0) is 41.5 Å². The fraction of sp³-hybridized carbons (Fsp3) is 0.875. The van der Waals surface area contributed by atoms with Crippen molar-refractivity contribution in [3.63, 3.8) is 0 Å². The number of carbonyl (C=O) groups is 2. The standard InChI is InChI=1S/C16H34N4O4/c1-15(2,3)20(14(22)23-12-8-18)11-10-19(9-7-17)13(21)24-16(4,5)6/h7-12,17-18H2,1-6H3. The number of hydrogen-bond acceptors (Lipinski definition) is 6. The lowest BCUT2D eigenvalue weighted by Gasteiger charge is -2.36. The van der Waals surface area contributed by atoms with Crippen LogP contribution in [-0.4, -0.2) is 72.5 Å². The Morgan fingerprint density at radius 2 is 1.46 bits per heavy atom. The summed E-state index contributed by atoms with van der Waals surface area (Å²) in [5.74, 6) is 0. The first-order chi connectivity index (χ1) is 10.9. The molecule has 0 saturated heterocycles. The van der Waals surface area contributed by atoms with Gasteiger partial charge in [-0.25, -0.2) is 9.59 Å². The molecule has 0 heterocycles. The number of ether oxygens (including phenoxy) is 2. The van der Waals surface area contributed by atoms with E-state index >= 15 is 0 Å². The lowest BCUT2D eigenvalue weighted by molar-refractivity contribution is 0.0196. The molecule has 0 aliphatic carbocycles. The van der Waals surface area contributed by atoms with Crippen molar-refractivity contribution in [1.29, 1.82) is 0 Å². The van der Waals surface area contributed by atoms with E-state index in [-0.39, 0.29) is 13.2 Å². The summed E-state index contributed by atoms with van der Waals surface area (Å²) in [6.07, 6.45) is -0.901.